The highest BCUT2D eigenvalue weighted by Crippen LogP contribution is 2.33. The number of benzene rings is 2. The Morgan fingerprint density at radius 1 is 1.00 bits per heavy atom. The number of hydrogen-bond acceptors (Lipinski definition) is 5. The van der Waals surface area contributed by atoms with Crippen LogP contribution in [0.5, 0.6) is 5.88 Å². The Hall–Kier alpha value is -4.26. The summed E-state index contributed by atoms with van der Waals surface area (Å²) in [5, 5.41) is 11.6. The lowest BCUT2D eigenvalue weighted by molar-refractivity contribution is 0.430. The van der Waals surface area contributed by atoms with Crippen LogP contribution in [0.3, 0.4) is 0 Å². The number of aromatic amines is 1. The van der Waals surface area contributed by atoms with Crippen LogP contribution in [-0.4, -0.2) is 25.9 Å². The van der Waals surface area contributed by atoms with Gasteiger partial charge in [-0.2, -0.15) is 0 Å². The zero-order valence-electron chi connectivity index (χ0n) is 15.0. The molecule has 0 spiro atoms. The zero-order chi connectivity index (χ0) is 20.0. The first-order valence-corrected chi connectivity index (χ1v) is 8.91. The van der Waals surface area contributed by atoms with E-state index in [0.717, 1.165) is 15.8 Å². The number of hydrogen-bond donors (Lipinski definition) is 2. The summed E-state index contributed by atoms with van der Waals surface area (Å²) in [7, 11) is 0. The van der Waals surface area contributed by atoms with E-state index >= 15 is 0 Å². The first kappa shape index (κ1) is 16.9. The van der Waals surface area contributed by atoms with Crippen molar-refractivity contribution in [2.45, 2.75) is 0 Å². The third-order valence-electron chi connectivity index (χ3n) is 4.84. The summed E-state index contributed by atoms with van der Waals surface area (Å²) in [4.78, 5) is 35.9. The van der Waals surface area contributed by atoms with Gasteiger partial charge < -0.3 is 5.11 Å². The third-order valence-corrected chi connectivity index (χ3v) is 4.84. The minimum Gasteiger partial charge on any atom is -0.494 e. The molecule has 2 aromatic heterocycles. The Balaban J connectivity index is 1.77. The third kappa shape index (κ3) is 2.68. The fourth-order valence-electron chi connectivity index (χ4n) is 3.48. The standard InChI is InChI=1S/C22H14N4O3/c27-20-16(11-13-12-24-17-7-2-1-5-14(13)17)21(28)26(22(29)25-20)19-9-3-8-18-15(19)6-4-10-23-18/h1-12,28H,(H,25,27,29). The minimum absolute atomic E-state index is 0.0244. The van der Waals surface area contributed by atoms with E-state index in [-0.39, 0.29) is 5.56 Å². The van der Waals surface area contributed by atoms with E-state index in [1.807, 2.05) is 24.3 Å². The van der Waals surface area contributed by atoms with E-state index in [1.54, 1.807) is 42.7 Å². The maximum atomic E-state index is 12.6. The van der Waals surface area contributed by atoms with Crippen molar-refractivity contribution in [2.75, 3.05) is 0 Å². The number of aliphatic imine (C=N–C) groups is 1. The number of aromatic nitrogens is 3. The second-order valence-corrected chi connectivity index (χ2v) is 6.55. The van der Waals surface area contributed by atoms with Crippen molar-refractivity contribution in [3.63, 3.8) is 0 Å². The van der Waals surface area contributed by atoms with Crippen LogP contribution in [-0.2, 0) is 0 Å². The maximum Gasteiger partial charge on any atom is 0.335 e. The number of aromatic hydroxyl groups is 1. The van der Waals surface area contributed by atoms with E-state index in [0.29, 0.717) is 22.2 Å². The number of fused-ring (bicyclic) bond motifs is 2. The van der Waals surface area contributed by atoms with E-state index < -0.39 is 17.1 Å². The number of rotatable bonds is 2. The molecule has 5 rings (SSSR count). The van der Waals surface area contributed by atoms with Crippen molar-refractivity contribution in [3.8, 4) is 11.6 Å². The fourth-order valence-corrected chi connectivity index (χ4v) is 3.48. The van der Waals surface area contributed by atoms with Crippen molar-refractivity contribution in [1.82, 2.24) is 14.5 Å². The van der Waals surface area contributed by atoms with E-state index in [9.17, 15) is 14.7 Å². The number of para-hydroxylation sites is 1. The van der Waals surface area contributed by atoms with Gasteiger partial charge in [-0.3, -0.25) is 19.8 Å². The van der Waals surface area contributed by atoms with Crippen LogP contribution in [0.1, 0.15) is 11.1 Å². The molecule has 0 saturated carbocycles. The highest BCUT2D eigenvalue weighted by atomic mass is 16.3. The molecule has 0 amide bonds. The normalized spacial score (nSPS) is 13.9. The molecule has 0 radical (unpaired) electrons. The molecule has 29 heavy (non-hydrogen) atoms. The molecule has 4 aromatic rings. The summed E-state index contributed by atoms with van der Waals surface area (Å²) in [6.07, 6.45) is 4.80. The molecule has 140 valence electrons. The summed E-state index contributed by atoms with van der Waals surface area (Å²) in [5.41, 5.74) is 1.96. The molecule has 0 atom stereocenters. The van der Waals surface area contributed by atoms with E-state index in [2.05, 4.69) is 15.0 Å². The number of H-pyrrole nitrogens is 1. The largest absolute Gasteiger partial charge is 0.494 e. The maximum absolute atomic E-state index is 12.6. The van der Waals surface area contributed by atoms with Gasteiger partial charge in [0.1, 0.15) is 5.56 Å². The lowest BCUT2D eigenvalue weighted by Crippen LogP contribution is -2.30. The van der Waals surface area contributed by atoms with Gasteiger partial charge in [0.15, 0.2) is 0 Å². The molecule has 0 unspecified atom stereocenters. The van der Waals surface area contributed by atoms with Gasteiger partial charge >= 0.3 is 5.69 Å². The molecule has 0 bridgehead atoms. The van der Waals surface area contributed by atoms with Gasteiger partial charge in [0, 0.05) is 28.9 Å². The van der Waals surface area contributed by atoms with Crippen LogP contribution in [0.4, 0.5) is 5.69 Å². The lowest BCUT2D eigenvalue weighted by Gasteiger charge is -2.12. The van der Waals surface area contributed by atoms with Gasteiger partial charge in [0.25, 0.3) is 5.56 Å². The van der Waals surface area contributed by atoms with Gasteiger partial charge in [-0.05, 0) is 36.4 Å². The van der Waals surface area contributed by atoms with Crippen LogP contribution in [0.25, 0.3) is 28.2 Å². The molecule has 3 heterocycles. The van der Waals surface area contributed by atoms with Gasteiger partial charge in [-0.25, -0.2) is 9.36 Å². The number of nitrogens with one attached hydrogen (secondary N) is 1. The van der Waals surface area contributed by atoms with Crippen molar-refractivity contribution < 1.29 is 5.11 Å². The number of allylic oxidation sites excluding steroid dienone is 1. The van der Waals surface area contributed by atoms with Crippen LogP contribution < -0.4 is 11.2 Å². The predicted octanol–water partition coefficient (Wildman–Crippen LogP) is 3.04. The molecule has 0 aliphatic carbocycles. The second kappa shape index (κ2) is 6.42. The summed E-state index contributed by atoms with van der Waals surface area (Å²) < 4.78 is 1.08. The average molecular weight is 382 g/mol. The van der Waals surface area contributed by atoms with Gasteiger partial charge in [0.05, 0.1) is 16.9 Å². The van der Waals surface area contributed by atoms with Crippen LogP contribution in [0.15, 0.2) is 75.4 Å². The molecular formula is C22H14N4O3. The molecule has 0 fully saturated rings. The summed E-state index contributed by atoms with van der Waals surface area (Å²) in [6.45, 7) is 0. The Bertz CT molecular complexity index is 1460. The first-order chi connectivity index (χ1) is 14.1. The quantitative estimate of drug-likeness (QED) is 0.556. The summed E-state index contributed by atoms with van der Waals surface area (Å²) >= 11 is 0. The van der Waals surface area contributed by atoms with Crippen LogP contribution >= 0.6 is 0 Å². The molecule has 2 N–H and O–H groups in total. The molecule has 1 aliphatic heterocycles. The van der Waals surface area contributed by atoms with E-state index in [1.165, 1.54) is 6.08 Å². The summed E-state index contributed by atoms with van der Waals surface area (Å²) in [6, 6.07) is 16.3. The summed E-state index contributed by atoms with van der Waals surface area (Å²) in [5.74, 6) is -0.444. The Morgan fingerprint density at radius 3 is 2.76 bits per heavy atom. The minimum atomic E-state index is -0.730. The molecule has 2 aromatic carbocycles. The highest BCUT2D eigenvalue weighted by Gasteiger charge is 2.18. The molecule has 7 nitrogen and oxygen atoms in total. The SMILES string of the molecule is O=c1[nH]c(=O)n(-c2cccc3ncccc23)c(O)c1C=C1C=Nc2ccccc21. The van der Waals surface area contributed by atoms with Crippen molar-refractivity contribution >= 4 is 34.5 Å². The Kier molecular flexibility index (Phi) is 3.74. The molecule has 7 heteroatoms. The van der Waals surface area contributed by atoms with Crippen LogP contribution in [0, 0.1) is 0 Å². The lowest BCUT2D eigenvalue weighted by atomic mass is 10.1. The fraction of sp³-hybridized carbons (Fsp3) is 0. The average Bonchev–Trinajstić information content (AvgIpc) is 3.14. The first-order valence-electron chi connectivity index (χ1n) is 8.91. The highest BCUT2D eigenvalue weighted by molar-refractivity contribution is 6.21. The number of nitrogens with zero attached hydrogens (tertiary/aromatic N) is 3. The van der Waals surface area contributed by atoms with E-state index in [4.69, 9.17) is 0 Å². The van der Waals surface area contributed by atoms with Gasteiger partial charge in [-0.1, -0.05) is 24.3 Å². The van der Waals surface area contributed by atoms with Gasteiger partial charge in [0.2, 0.25) is 5.88 Å². The van der Waals surface area contributed by atoms with Crippen LogP contribution in [0.2, 0.25) is 0 Å². The Morgan fingerprint density at radius 2 is 1.86 bits per heavy atom. The monoisotopic (exact) mass is 382 g/mol. The predicted molar refractivity (Wildman–Crippen MR) is 112 cm³/mol. The second-order valence-electron chi connectivity index (χ2n) is 6.55. The topological polar surface area (TPSA) is 100 Å². The Labute approximate surface area is 164 Å². The molecule has 1 aliphatic rings. The smallest absolute Gasteiger partial charge is 0.335 e. The zero-order valence-corrected chi connectivity index (χ0v) is 15.0. The van der Waals surface area contributed by atoms with Gasteiger partial charge in [-0.15, -0.1) is 0 Å². The molecule has 0 saturated heterocycles. The van der Waals surface area contributed by atoms with Crippen molar-refractivity contribution in [1.29, 1.82) is 0 Å². The van der Waals surface area contributed by atoms with Crippen molar-refractivity contribution in [3.05, 3.63) is 92.8 Å². The molecular weight excluding hydrogens is 368 g/mol. The van der Waals surface area contributed by atoms with Crippen molar-refractivity contribution in [2.24, 2.45) is 4.99 Å². The number of pyridine rings is 1.